The molecular formula is C23H17BrN2O4. The number of anilines is 1. The highest BCUT2D eigenvalue weighted by molar-refractivity contribution is 9.10. The Balaban J connectivity index is 1.59. The first-order valence-electron chi connectivity index (χ1n) is 9.22. The molecular weight excluding hydrogens is 448 g/mol. The van der Waals surface area contributed by atoms with E-state index in [1.165, 1.54) is 0 Å². The van der Waals surface area contributed by atoms with Crippen LogP contribution >= 0.6 is 15.9 Å². The van der Waals surface area contributed by atoms with Gasteiger partial charge >= 0.3 is 5.76 Å². The van der Waals surface area contributed by atoms with Crippen molar-refractivity contribution < 1.29 is 9.21 Å². The van der Waals surface area contributed by atoms with E-state index in [9.17, 15) is 14.4 Å². The summed E-state index contributed by atoms with van der Waals surface area (Å²) in [5.41, 5.74) is 3.73. The van der Waals surface area contributed by atoms with Gasteiger partial charge in [0.05, 0.1) is 5.39 Å². The maximum Gasteiger partial charge on any atom is 0.419 e. The van der Waals surface area contributed by atoms with Crippen LogP contribution in [0, 0.1) is 6.92 Å². The van der Waals surface area contributed by atoms with Gasteiger partial charge in [-0.1, -0.05) is 45.8 Å². The quantitative estimate of drug-likeness (QED) is 0.468. The molecule has 0 saturated carbocycles. The molecule has 1 heterocycles. The van der Waals surface area contributed by atoms with Crippen molar-refractivity contribution in [2.24, 2.45) is 0 Å². The van der Waals surface area contributed by atoms with E-state index in [1.807, 2.05) is 43.3 Å². The Morgan fingerprint density at radius 1 is 1.00 bits per heavy atom. The Hall–Kier alpha value is -3.45. The average Bonchev–Trinajstić information content (AvgIpc) is 2.72. The monoisotopic (exact) mass is 464 g/mol. The Labute approximate surface area is 179 Å². The fourth-order valence-corrected chi connectivity index (χ4v) is 3.68. The van der Waals surface area contributed by atoms with Gasteiger partial charge in [-0.05, 0) is 60.9 Å². The molecule has 0 aliphatic rings. The summed E-state index contributed by atoms with van der Waals surface area (Å²) in [7, 11) is 0. The average molecular weight is 465 g/mol. The minimum atomic E-state index is -0.787. The van der Waals surface area contributed by atoms with Crippen LogP contribution in [0.15, 0.2) is 79.1 Å². The lowest BCUT2D eigenvalue weighted by atomic mass is 10.0. The molecule has 1 amide bonds. The number of hydrogen-bond donors (Lipinski definition) is 2. The number of carbonyl (C=O) groups excluding carboxylic acids is 1. The van der Waals surface area contributed by atoms with Gasteiger partial charge in [-0.15, -0.1) is 0 Å². The SMILES string of the molecule is Cc1ccc(NC(=O)c2ccc(Cc3c(Br)ccc4oc(=O)[nH]c(=O)c34)cc2)cc1. The van der Waals surface area contributed by atoms with E-state index in [-0.39, 0.29) is 11.5 Å². The van der Waals surface area contributed by atoms with Crippen LogP contribution in [0.1, 0.15) is 27.0 Å². The van der Waals surface area contributed by atoms with E-state index < -0.39 is 11.3 Å². The van der Waals surface area contributed by atoms with Gasteiger partial charge in [0.25, 0.3) is 11.5 Å². The number of carbonyl (C=O) groups is 1. The van der Waals surface area contributed by atoms with E-state index in [0.717, 1.165) is 21.3 Å². The first-order valence-corrected chi connectivity index (χ1v) is 10.0. The van der Waals surface area contributed by atoms with Gasteiger partial charge in [0, 0.05) is 15.7 Å². The molecule has 30 heavy (non-hydrogen) atoms. The molecule has 0 atom stereocenters. The number of benzene rings is 3. The van der Waals surface area contributed by atoms with Crippen molar-refractivity contribution in [2.75, 3.05) is 5.32 Å². The van der Waals surface area contributed by atoms with Gasteiger partial charge in [0.1, 0.15) is 5.58 Å². The molecule has 0 saturated heterocycles. The lowest BCUT2D eigenvalue weighted by Gasteiger charge is -2.09. The number of H-pyrrole nitrogens is 1. The Morgan fingerprint density at radius 2 is 1.70 bits per heavy atom. The molecule has 0 aliphatic heterocycles. The number of nitrogens with one attached hydrogen (secondary N) is 2. The summed E-state index contributed by atoms with van der Waals surface area (Å²) in [4.78, 5) is 38.4. The van der Waals surface area contributed by atoms with E-state index in [2.05, 4.69) is 26.2 Å². The molecule has 3 aromatic carbocycles. The van der Waals surface area contributed by atoms with Crippen LogP contribution in [0.25, 0.3) is 11.0 Å². The predicted octanol–water partition coefficient (Wildman–Crippen LogP) is 4.40. The topological polar surface area (TPSA) is 92.2 Å². The van der Waals surface area contributed by atoms with Crippen molar-refractivity contribution in [1.82, 2.24) is 4.98 Å². The summed E-state index contributed by atoms with van der Waals surface area (Å²) in [6.07, 6.45) is 0.425. The highest BCUT2D eigenvalue weighted by Gasteiger charge is 2.13. The normalized spacial score (nSPS) is 10.9. The highest BCUT2D eigenvalue weighted by atomic mass is 79.9. The molecule has 0 unspecified atom stereocenters. The lowest BCUT2D eigenvalue weighted by Crippen LogP contribution is -2.19. The smallest absolute Gasteiger partial charge is 0.409 e. The molecule has 0 aliphatic carbocycles. The third kappa shape index (κ3) is 4.11. The molecule has 4 rings (SSSR count). The van der Waals surface area contributed by atoms with E-state index in [4.69, 9.17) is 4.42 Å². The van der Waals surface area contributed by atoms with Crippen LogP contribution in [0.4, 0.5) is 5.69 Å². The summed E-state index contributed by atoms with van der Waals surface area (Å²) < 4.78 is 5.84. The zero-order chi connectivity index (χ0) is 21.3. The summed E-state index contributed by atoms with van der Waals surface area (Å²) in [5, 5.41) is 3.19. The van der Waals surface area contributed by atoms with Crippen LogP contribution < -0.4 is 16.6 Å². The second kappa shape index (κ2) is 8.12. The Bertz CT molecular complexity index is 1350. The summed E-state index contributed by atoms with van der Waals surface area (Å²) in [5.74, 6) is -0.986. The minimum absolute atomic E-state index is 0.199. The fourth-order valence-electron chi connectivity index (χ4n) is 3.21. The van der Waals surface area contributed by atoms with Gasteiger partial charge in [-0.2, -0.15) is 0 Å². The summed E-state index contributed by atoms with van der Waals surface area (Å²) in [6.45, 7) is 1.99. The lowest BCUT2D eigenvalue weighted by molar-refractivity contribution is 0.102. The molecule has 0 fully saturated rings. The van der Waals surface area contributed by atoms with E-state index >= 15 is 0 Å². The fraction of sp³-hybridized carbons (Fsp3) is 0.0870. The number of rotatable bonds is 4. The van der Waals surface area contributed by atoms with E-state index in [1.54, 1.807) is 24.3 Å². The molecule has 0 radical (unpaired) electrons. The molecule has 2 N–H and O–H groups in total. The Morgan fingerprint density at radius 3 is 2.40 bits per heavy atom. The van der Waals surface area contributed by atoms with E-state index in [0.29, 0.717) is 22.9 Å². The summed E-state index contributed by atoms with van der Waals surface area (Å²) >= 11 is 3.47. The van der Waals surface area contributed by atoms with Crippen molar-refractivity contribution in [3.05, 3.63) is 108 Å². The third-order valence-corrected chi connectivity index (χ3v) is 5.51. The zero-order valence-electron chi connectivity index (χ0n) is 16.0. The molecule has 4 aromatic rings. The number of amides is 1. The molecule has 6 nitrogen and oxygen atoms in total. The van der Waals surface area contributed by atoms with Crippen LogP contribution in [0.3, 0.4) is 0 Å². The molecule has 0 bridgehead atoms. The van der Waals surface area contributed by atoms with Crippen LogP contribution in [0.5, 0.6) is 0 Å². The predicted molar refractivity (Wildman–Crippen MR) is 119 cm³/mol. The second-order valence-corrected chi connectivity index (χ2v) is 7.79. The van der Waals surface area contributed by atoms with Gasteiger partial charge < -0.3 is 9.73 Å². The number of aromatic amines is 1. The van der Waals surface area contributed by atoms with Crippen molar-refractivity contribution in [2.45, 2.75) is 13.3 Å². The first-order chi connectivity index (χ1) is 14.4. The number of fused-ring (bicyclic) bond motifs is 1. The number of halogens is 1. The molecule has 150 valence electrons. The van der Waals surface area contributed by atoms with Crippen molar-refractivity contribution in [3.63, 3.8) is 0 Å². The summed E-state index contributed by atoms with van der Waals surface area (Å²) in [6, 6.07) is 18.1. The second-order valence-electron chi connectivity index (χ2n) is 6.94. The zero-order valence-corrected chi connectivity index (χ0v) is 17.6. The first kappa shape index (κ1) is 19.8. The number of hydrogen-bond acceptors (Lipinski definition) is 4. The highest BCUT2D eigenvalue weighted by Crippen LogP contribution is 2.26. The van der Waals surface area contributed by atoms with Gasteiger partial charge in [0.15, 0.2) is 0 Å². The van der Waals surface area contributed by atoms with Crippen molar-refractivity contribution in [3.8, 4) is 0 Å². The molecule has 1 aromatic heterocycles. The van der Waals surface area contributed by atoms with Crippen LogP contribution in [-0.4, -0.2) is 10.9 Å². The minimum Gasteiger partial charge on any atom is -0.409 e. The maximum absolute atomic E-state index is 12.5. The maximum atomic E-state index is 12.5. The van der Waals surface area contributed by atoms with Gasteiger partial charge in [-0.3, -0.25) is 14.6 Å². The van der Waals surface area contributed by atoms with Crippen LogP contribution in [-0.2, 0) is 6.42 Å². The van der Waals surface area contributed by atoms with Gasteiger partial charge in [0.2, 0.25) is 0 Å². The van der Waals surface area contributed by atoms with Crippen LogP contribution in [0.2, 0.25) is 0 Å². The number of aryl methyl sites for hydroxylation is 1. The molecule has 0 spiro atoms. The van der Waals surface area contributed by atoms with Crippen molar-refractivity contribution in [1.29, 1.82) is 0 Å². The van der Waals surface area contributed by atoms with Gasteiger partial charge in [-0.25, -0.2) is 4.79 Å². The standard InChI is InChI=1S/C23H17BrN2O4/c1-13-2-8-16(9-3-13)25-21(27)15-6-4-14(5-7-15)12-17-18(24)10-11-19-20(17)22(28)26-23(29)30-19/h2-11H,12H2,1H3,(H,25,27)(H,26,28,29). The largest absolute Gasteiger partial charge is 0.419 e. The molecule has 7 heteroatoms. The Kier molecular flexibility index (Phi) is 5.37. The van der Waals surface area contributed by atoms with Crippen molar-refractivity contribution >= 4 is 38.5 Å². The third-order valence-electron chi connectivity index (χ3n) is 4.77. The number of aromatic nitrogens is 1.